The van der Waals surface area contributed by atoms with Crippen LogP contribution in [0.4, 0.5) is 0 Å². The van der Waals surface area contributed by atoms with Crippen molar-refractivity contribution in [1.82, 2.24) is 19.5 Å². The third-order valence-electron chi connectivity index (χ3n) is 5.73. The van der Waals surface area contributed by atoms with Gasteiger partial charge in [0.05, 0.1) is 30.1 Å². The van der Waals surface area contributed by atoms with E-state index in [0.29, 0.717) is 11.4 Å². The van der Waals surface area contributed by atoms with Gasteiger partial charge in [0.2, 0.25) is 0 Å². The van der Waals surface area contributed by atoms with E-state index in [9.17, 15) is 14.7 Å². The van der Waals surface area contributed by atoms with E-state index in [0.717, 1.165) is 11.1 Å². The van der Waals surface area contributed by atoms with Crippen LogP contribution in [-0.4, -0.2) is 43.4 Å². The first-order valence-corrected chi connectivity index (χ1v) is 10.6. The Kier molecular flexibility index (Phi) is 5.64. The van der Waals surface area contributed by atoms with E-state index in [4.69, 9.17) is 15.3 Å². The molecule has 0 saturated carbocycles. The highest BCUT2D eigenvalue weighted by Gasteiger charge is 2.37. The van der Waals surface area contributed by atoms with Gasteiger partial charge in [0.15, 0.2) is 11.2 Å². The van der Waals surface area contributed by atoms with Gasteiger partial charge in [-0.05, 0) is 5.53 Å². The van der Waals surface area contributed by atoms with Gasteiger partial charge in [-0.25, -0.2) is 19.3 Å². The fourth-order valence-corrected chi connectivity index (χ4v) is 4.15. The molecule has 11 heteroatoms. The van der Waals surface area contributed by atoms with Crippen LogP contribution in [0.2, 0.25) is 0 Å². The lowest BCUT2D eigenvalue weighted by atomic mass is 10.0. The molecule has 3 atom stereocenters. The van der Waals surface area contributed by atoms with Crippen molar-refractivity contribution in [3.8, 4) is 22.5 Å². The van der Waals surface area contributed by atoms with Crippen molar-refractivity contribution in [3.05, 3.63) is 91.9 Å². The summed E-state index contributed by atoms with van der Waals surface area (Å²) in [4.78, 5) is 40.1. The molecule has 2 aromatic carbocycles. The van der Waals surface area contributed by atoms with Gasteiger partial charge < -0.3 is 9.84 Å². The number of aromatic amines is 1. The first kappa shape index (κ1) is 21.5. The van der Waals surface area contributed by atoms with Crippen LogP contribution in [0.1, 0.15) is 12.6 Å². The second-order valence-electron chi connectivity index (χ2n) is 7.77. The zero-order valence-electron chi connectivity index (χ0n) is 17.8. The van der Waals surface area contributed by atoms with Gasteiger partial charge in [0.25, 0.3) is 5.56 Å². The van der Waals surface area contributed by atoms with Crippen LogP contribution >= 0.6 is 0 Å². The molecule has 0 amide bonds. The van der Waals surface area contributed by atoms with Crippen LogP contribution in [0.3, 0.4) is 0 Å². The summed E-state index contributed by atoms with van der Waals surface area (Å²) in [6, 6.07) is 18.0. The number of H-pyrrole nitrogens is 1. The number of azide groups is 1. The predicted octanol–water partition coefficient (Wildman–Crippen LogP) is 2.77. The Morgan fingerprint density at radius 3 is 2.26 bits per heavy atom. The summed E-state index contributed by atoms with van der Waals surface area (Å²) in [5, 5.41) is 13.3. The second-order valence-corrected chi connectivity index (χ2v) is 7.77. The van der Waals surface area contributed by atoms with Crippen LogP contribution in [0, 0.1) is 0 Å². The van der Waals surface area contributed by atoms with E-state index in [-0.39, 0.29) is 17.6 Å². The molecule has 1 aliphatic rings. The summed E-state index contributed by atoms with van der Waals surface area (Å²) in [7, 11) is 0. The Bertz CT molecular complexity index is 1510. The molecule has 11 nitrogen and oxygen atoms in total. The Hall–Kier alpha value is -4.31. The number of fused-ring (bicyclic) bond motifs is 1. The normalized spacial score (nSPS) is 19.7. The van der Waals surface area contributed by atoms with Crippen LogP contribution in [-0.2, 0) is 4.74 Å². The summed E-state index contributed by atoms with van der Waals surface area (Å²) in [6.45, 7) is -0.394. The first-order valence-electron chi connectivity index (χ1n) is 10.6. The van der Waals surface area contributed by atoms with E-state index >= 15 is 0 Å². The number of aromatic nitrogens is 4. The van der Waals surface area contributed by atoms with Crippen LogP contribution in [0.25, 0.3) is 44.1 Å². The highest BCUT2D eigenvalue weighted by atomic mass is 16.5. The van der Waals surface area contributed by atoms with Crippen molar-refractivity contribution in [3.63, 3.8) is 0 Å². The van der Waals surface area contributed by atoms with E-state index in [1.54, 1.807) is 0 Å². The number of hydrogen-bond acceptors (Lipinski definition) is 7. The minimum absolute atomic E-state index is 0.0329. The summed E-state index contributed by atoms with van der Waals surface area (Å²) in [6.07, 6.45) is -1.58. The van der Waals surface area contributed by atoms with Gasteiger partial charge in [-0.1, -0.05) is 65.8 Å². The molecule has 5 rings (SSSR count). The van der Waals surface area contributed by atoms with Crippen molar-refractivity contribution in [1.29, 1.82) is 0 Å². The van der Waals surface area contributed by atoms with E-state index < -0.39 is 36.2 Å². The minimum Gasteiger partial charge on any atom is -0.394 e. The van der Waals surface area contributed by atoms with Crippen molar-refractivity contribution in [2.75, 3.05) is 6.61 Å². The molecule has 0 radical (unpaired) electrons. The van der Waals surface area contributed by atoms with Gasteiger partial charge in [0.1, 0.15) is 6.23 Å². The third-order valence-corrected chi connectivity index (χ3v) is 5.73. The van der Waals surface area contributed by atoms with Gasteiger partial charge in [-0.15, -0.1) is 0 Å². The molecule has 1 saturated heterocycles. The quantitative estimate of drug-likeness (QED) is 0.266. The lowest BCUT2D eigenvalue weighted by molar-refractivity contribution is -0.0251. The average Bonchev–Trinajstić information content (AvgIpc) is 3.27. The molecule has 3 heterocycles. The summed E-state index contributed by atoms with van der Waals surface area (Å²) < 4.78 is 7.00. The van der Waals surface area contributed by atoms with Gasteiger partial charge >= 0.3 is 5.69 Å². The smallest absolute Gasteiger partial charge is 0.332 e. The number of aliphatic hydroxyl groups excluding tert-OH is 1. The monoisotopic (exact) mass is 457 g/mol. The highest BCUT2D eigenvalue weighted by molar-refractivity contribution is 5.84. The molecule has 0 unspecified atom stereocenters. The summed E-state index contributed by atoms with van der Waals surface area (Å²) >= 11 is 0. The van der Waals surface area contributed by atoms with Gasteiger partial charge in [0, 0.05) is 22.5 Å². The molecule has 0 aliphatic carbocycles. The molecular formula is C23H19N7O4. The number of rotatable bonds is 5. The fraction of sp³-hybridized carbons (Fsp3) is 0.217. The van der Waals surface area contributed by atoms with Crippen LogP contribution < -0.4 is 11.2 Å². The lowest BCUT2D eigenvalue weighted by Gasteiger charge is -2.18. The summed E-state index contributed by atoms with van der Waals surface area (Å²) in [5.74, 6) is 0. The van der Waals surface area contributed by atoms with E-state index in [1.807, 2.05) is 60.7 Å². The molecule has 34 heavy (non-hydrogen) atoms. The SMILES string of the molecule is [N-]=[N+]=N[C@H]1C[C@H](n2c(=O)[nH]c(=O)c3nc(-c4ccccc4)c(-c4ccccc4)nc32)O[C@@H]1CO. The Morgan fingerprint density at radius 2 is 1.68 bits per heavy atom. The zero-order valence-corrected chi connectivity index (χ0v) is 17.8. The zero-order chi connectivity index (χ0) is 23.7. The van der Waals surface area contributed by atoms with Gasteiger partial charge in [-0.2, -0.15) is 0 Å². The molecule has 4 aromatic rings. The Labute approximate surface area is 191 Å². The number of ether oxygens (including phenoxy) is 1. The second kappa shape index (κ2) is 8.91. The van der Waals surface area contributed by atoms with Crippen LogP contribution in [0.5, 0.6) is 0 Å². The topological polar surface area (TPSA) is 159 Å². The minimum atomic E-state index is -0.917. The number of nitrogens with zero attached hydrogens (tertiary/aromatic N) is 6. The number of benzene rings is 2. The molecule has 2 N–H and O–H groups in total. The Balaban J connectivity index is 1.78. The molecule has 1 aliphatic heterocycles. The molecule has 1 fully saturated rings. The van der Waals surface area contributed by atoms with Crippen molar-refractivity contribution < 1.29 is 9.84 Å². The van der Waals surface area contributed by atoms with Gasteiger partial charge in [-0.3, -0.25) is 9.78 Å². The average molecular weight is 457 g/mol. The largest absolute Gasteiger partial charge is 0.394 e. The molecule has 170 valence electrons. The molecule has 0 bridgehead atoms. The molecular weight excluding hydrogens is 438 g/mol. The molecule has 2 aromatic heterocycles. The number of nitrogens with one attached hydrogen (secondary N) is 1. The molecule has 0 spiro atoms. The van der Waals surface area contributed by atoms with Crippen LogP contribution in [0.15, 0.2) is 75.4 Å². The summed E-state index contributed by atoms with van der Waals surface area (Å²) in [5.41, 5.74) is 9.92. The maximum absolute atomic E-state index is 12.9. The predicted molar refractivity (Wildman–Crippen MR) is 124 cm³/mol. The maximum atomic E-state index is 12.9. The number of hydrogen-bond donors (Lipinski definition) is 2. The Morgan fingerprint density at radius 1 is 1.06 bits per heavy atom. The first-order chi connectivity index (χ1) is 16.6. The van der Waals surface area contributed by atoms with E-state index in [2.05, 4.69) is 20.0 Å². The van der Waals surface area contributed by atoms with Crippen molar-refractivity contribution in [2.45, 2.75) is 24.8 Å². The third kappa shape index (κ3) is 3.73. The van der Waals surface area contributed by atoms with Crippen molar-refractivity contribution >= 4 is 11.2 Å². The standard InChI is InChI=1S/C23H19N7O4/c24-29-28-15-11-17(34-16(15)12-31)30-21-20(22(32)27-23(30)33)25-18(13-7-3-1-4-8-13)19(26-21)14-9-5-2-6-10-14/h1-10,15-17,31H,11-12H2,(H,27,32,33)/t15-,16+,17+/m0/s1. The highest BCUT2D eigenvalue weighted by Crippen LogP contribution is 2.33. The number of aliphatic hydroxyl groups is 1. The lowest BCUT2D eigenvalue weighted by Crippen LogP contribution is -2.34. The van der Waals surface area contributed by atoms with Crippen molar-refractivity contribution in [2.24, 2.45) is 5.11 Å². The maximum Gasteiger partial charge on any atom is 0.332 e. The van der Waals surface area contributed by atoms with E-state index in [1.165, 1.54) is 4.57 Å². The fourth-order valence-electron chi connectivity index (χ4n) is 4.15.